The summed E-state index contributed by atoms with van der Waals surface area (Å²) in [4.78, 5) is 21.0. The van der Waals surface area contributed by atoms with Crippen molar-refractivity contribution in [1.82, 2.24) is 9.97 Å². The van der Waals surface area contributed by atoms with E-state index in [9.17, 15) is 4.79 Å². The summed E-state index contributed by atoms with van der Waals surface area (Å²) in [7, 11) is 0. The van der Waals surface area contributed by atoms with E-state index in [1.165, 1.54) is 6.20 Å². The molecule has 2 aromatic heterocycles. The topological polar surface area (TPSA) is 68.0 Å². The van der Waals surface area contributed by atoms with E-state index in [4.69, 9.17) is 16.0 Å². The number of fused-ring (bicyclic) bond motifs is 1. The van der Waals surface area contributed by atoms with Gasteiger partial charge < -0.3 is 9.73 Å². The number of benzene rings is 3. The quantitative estimate of drug-likeness (QED) is 0.335. The van der Waals surface area contributed by atoms with E-state index in [-0.39, 0.29) is 11.1 Å². The number of anilines is 1. The van der Waals surface area contributed by atoms with Crippen molar-refractivity contribution >= 4 is 34.3 Å². The maximum Gasteiger partial charge on any atom is 0.258 e. The van der Waals surface area contributed by atoms with Crippen molar-refractivity contribution in [2.24, 2.45) is 0 Å². The Morgan fingerprint density at radius 1 is 0.839 bits per heavy atom. The van der Waals surface area contributed by atoms with Crippen LogP contribution >= 0.6 is 11.6 Å². The molecule has 1 N–H and O–H groups in total. The molecule has 0 saturated carbocycles. The molecule has 0 fully saturated rings. The zero-order chi connectivity index (χ0) is 21.2. The Hall–Kier alpha value is -3.96. The van der Waals surface area contributed by atoms with E-state index in [1.807, 2.05) is 42.5 Å². The van der Waals surface area contributed by atoms with Crippen LogP contribution in [0.4, 0.5) is 5.69 Å². The fourth-order valence-electron chi connectivity index (χ4n) is 3.32. The van der Waals surface area contributed by atoms with Crippen molar-refractivity contribution in [3.8, 4) is 22.6 Å². The highest BCUT2D eigenvalue weighted by atomic mass is 35.5. The number of nitrogens with one attached hydrogen (secondary N) is 1. The number of amides is 1. The molecule has 150 valence electrons. The molecule has 0 atom stereocenters. The Kier molecular flexibility index (Phi) is 4.94. The summed E-state index contributed by atoms with van der Waals surface area (Å²) in [6.07, 6.45) is 1.54. The van der Waals surface area contributed by atoms with E-state index < -0.39 is 0 Å². The number of nitrogens with zero attached hydrogens (tertiary/aromatic N) is 2. The Morgan fingerprint density at radius 3 is 2.35 bits per heavy atom. The van der Waals surface area contributed by atoms with Crippen LogP contribution in [0, 0.1) is 0 Å². The summed E-state index contributed by atoms with van der Waals surface area (Å²) in [5.74, 6) is 0.186. The van der Waals surface area contributed by atoms with E-state index in [1.54, 1.807) is 30.3 Å². The number of aromatic nitrogens is 2. The molecular formula is C25H16ClN3O2. The molecule has 0 aliphatic heterocycles. The SMILES string of the molecule is O=C(Nc1ccc2oc(-c3ccc(-c4ccccc4)cc3)nc2c1)c1cccnc1Cl. The summed E-state index contributed by atoms with van der Waals surface area (Å²) >= 11 is 6.00. The smallest absolute Gasteiger partial charge is 0.258 e. The molecule has 0 aliphatic rings. The summed E-state index contributed by atoms with van der Waals surface area (Å²) in [6.45, 7) is 0. The Morgan fingerprint density at radius 2 is 1.58 bits per heavy atom. The molecule has 3 aromatic carbocycles. The molecule has 1 amide bonds. The third-order valence-electron chi connectivity index (χ3n) is 4.89. The predicted octanol–water partition coefficient (Wildman–Crippen LogP) is 6.46. The maximum atomic E-state index is 12.5. The third kappa shape index (κ3) is 3.91. The van der Waals surface area contributed by atoms with Gasteiger partial charge in [0.15, 0.2) is 5.58 Å². The molecule has 5 nitrogen and oxygen atoms in total. The highest BCUT2D eigenvalue weighted by Gasteiger charge is 2.13. The minimum atomic E-state index is -0.335. The molecule has 2 heterocycles. The van der Waals surface area contributed by atoms with Gasteiger partial charge in [-0.15, -0.1) is 0 Å². The van der Waals surface area contributed by atoms with Gasteiger partial charge in [0.25, 0.3) is 5.91 Å². The first kappa shape index (κ1) is 19.0. The first-order valence-electron chi connectivity index (χ1n) is 9.66. The van der Waals surface area contributed by atoms with Gasteiger partial charge in [-0.1, -0.05) is 54.1 Å². The molecule has 6 heteroatoms. The van der Waals surface area contributed by atoms with Crippen LogP contribution in [0.5, 0.6) is 0 Å². The van der Waals surface area contributed by atoms with Crippen molar-refractivity contribution in [2.75, 3.05) is 5.32 Å². The van der Waals surface area contributed by atoms with Gasteiger partial charge in [0.2, 0.25) is 5.89 Å². The molecule has 0 aliphatic carbocycles. The van der Waals surface area contributed by atoms with Crippen molar-refractivity contribution in [3.05, 3.63) is 102 Å². The zero-order valence-corrected chi connectivity index (χ0v) is 17.0. The van der Waals surface area contributed by atoms with Crippen LogP contribution in [0.2, 0.25) is 5.15 Å². The third-order valence-corrected chi connectivity index (χ3v) is 5.19. The molecule has 31 heavy (non-hydrogen) atoms. The minimum absolute atomic E-state index is 0.156. The van der Waals surface area contributed by atoms with Gasteiger partial charge in [0.05, 0.1) is 5.56 Å². The largest absolute Gasteiger partial charge is 0.436 e. The fraction of sp³-hybridized carbons (Fsp3) is 0. The number of carbonyl (C=O) groups is 1. The second-order valence-corrected chi connectivity index (χ2v) is 7.30. The molecule has 0 bridgehead atoms. The zero-order valence-electron chi connectivity index (χ0n) is 16.2. The van der Waals surface area contributed by atoms with Crippen LogP contribution in [0.15, 0.2) is 95.5 Å². The van der Waals surface area contributed by atoms with Gasteiger partial charge in [-0.2, -0.15) is 0 Å². The lowest BCUT2D eigenvalue weighted by molar-refractivity contribution is 0.102. The lowest BCUT2D eigenvalue weighted by atomic mass is 10.0. The standard InChI is InChI=1S/C25H16ClN3O2/c26-23-20(7-4-14-27-23)24(30)28-19-12-13-22-21(15-19)29-25(31-22)18-10-8-17(9-11-18)16-5-2-1-3-6-16/h1-15H,(H,28,30). The van der Waals surface area contributed by atoms with Crippen molar-refractivity contribution in [1.29, 1.82) is 0 Å². The fourth-order valence-corrected chi connectivity index (χ4v) is 3.52. The van der Waals surface area contributed by atoms with Crippen LogP contribution in [-0.4, -0.2) is 15.9 Å². The van der Waals surface area contributed by atoms with Crippen molar-refractivity contribution < 1.29 is 9.21 Å². The van der Waals surface area contributed by atoms with E-state index in [0.717, 1.165) is 16.7 Å². The number of rotatable bonds is 4. The summed E-state index contributed by atoms with van der Waals surface area (Å²) in [5, 5.41) is 2.98. The Labute approximate surface area is 183 Å². The predicted molar refractivity (Wildman–Crippen MR) is 122 cm³/mol. The van der Waals surface area contributed by atoms with Crippen LogP contribution < -0.4 is 5.32 Å². The number of halogens is 1. The molecule has 0 unspecified atom stereocenters. The van der Waals surface area contributed by atoms with Gasteiger partial charge >= 0.3 is 0 Å². The number of oxazole rings is 1. The van der Waals surface area contributed by atoms with Crippen molar-refractivity contribution in [3.63, 3.8) is 0 Å². The van der Waals surface area contributed by atoms with Crippen molar-refractivity contribution in [2.45, 2.75) is 0 Å². The highest BCUT2D eigenvalue weighted by molar-refractivity contribution is 6.33. The number of hydrogen-bond donors (Lipinski definition) is 1. The van der Waals surface area contributed by atoms with Crippen LogP contribution in [-0.2, 0) is 0 Å². The molecule has 0 radical (unpaired) electrons. The first-order chi connectivity index (χ1) is 15.2. The molecule has 0 spiro atoms. The molecule has 0 saturated heterocycles. The summed E-state index contributed by atoms with van der Waals surface area (Å²) in [6, 6.07) is 26.8. The lowest BCUT2D eigenvalue weighted by Gasteiger charge is -2.05. The number of pyridine rings is 1. The normalized spacial score (nSPS) is 10.9. The van der Waals surface area contributed by atoms with E-state index >= 15 is 0 Å². The van der Waals surface area contributed by atoms with Gasteiger partial charge in [-0.05, 0) is 53.6 Å². The monoisotopic (exact) mass is 425 g/mol. The molecular weight excluding hydrogens is 410 g/mol. The van der Waals surface area contributed by atoms with Gasteiger partial charge in [0.1, 0.15) is 10.7 Å². The summed E-state index contributed by atoms with van der Waals surface area (Å²) < 4.78 is 5.91. The number of carbonyl (C=O) groups excluding carboxylic acids is 1. The lowest BCUT2D eigenvalue weighted by Crippen LogP contribution is -2.12. The minimum Gasteiger partial charge on any atom is -0.436 e. The average Bonchev–Trinajstić information content (AvgIpc) is 3.23. The highest BCUT2D eigenvalue weighted by Crippen LogP contribution is 2.28. The number of hydrogen-bond acceptors (Lipinski definition) is 4. The van der Waals surface area contributed by atoms with Crippen LogP contribution in [0.3, 0.4) is 0 Å². The first-order valence-corrected chi connectivity index (χ1v) is 10.0. The van der Waals surface area contributed by atoms with Crippen LogP contribution in [0.1, 0.15) is 10.4 Å². The molecule has 5 aromatic rings. The van der Waals surface area contributed by atoms with Gasteiger partial charge in [0, 0.05) is 17.4 Å². The van der Waals surface area contributed by atoms with Gasteiger partial charge in [-0.25, -0.2) is 9.97 Å². The second kappa shape index (κ2) is 8.05. The second-order valence-electron chi connectivity index (χ2n) is 6.94. The summed E-state index contributed by atoms with van der Waals surface area (Å²) in [5.41, 5.74) is 5.35. The Bertz CT molecular complexity index is 1380. The van der Waals surface area contributed by atoms with Gasteiger partial charge in [-0.3, -0.25) is 4.79 Å². The van der Waals surface area contributed by atoms with E-state index in [2.05, 4.69) is 27.4 Å². The van der Waals surface area contributed by atoms with Crippen LogP contribution in [0.25, 0.3) is 33.7 Å². The van der Waals surface area contributed by atoms with E-state index in [0.29, 0.717) is 28.2 Å². The Balaban J connectivity index is 1.39. The average molecular weight is 426 g/mol. The maximum absolute atomic E-state index is 12.5. The molecule has 5 rings (SSSR count).